The van der Waals surface area contributed by atoms with Crippen LogP contribution in [-0.4, -0.2) is 34.4 Å². The number of nitrogens with one attached hydrogen (secondary N) is 1. The number of ether oxygens (including phenoxy) is 1. The Morgan fingerprint density at radius 2 is 1.73 bits per heavy atom. The second kappa shape index (κ2) is 9.38. The van der Waals surface area contributed by atoms with Crippen LogP contribution < -0.4 is 15.6 Å². The maximum absolute atomic E-state index is 13.6. The lowest BCUT2D eigenvalue weighted by atomic mass is 10.1. The van der Waals surface area contributed by atoms with Gasteiger partial charge in [0, 0.05) is 48.6 Å². The highest BCUT2D eigenvalue weighted by molar-refractivity contribution is 6.83. The van der Waals surface area contributed by atoms with E-state index in [0.717, 1.165) is 6.07 Å². The van der Waals surface area contributed by atoms with Crippen LogP contribution in [0.4, 0.5) is 20.4 Å². The number of hydrogen-bond donors (Lipinski definition) is 1. The molecule has 0 unspecified atom stereocenters. The normalized spacial score (nSPS) is 14.2. The molecule has 33 heavy (non-hydrogen) atoms. The molecule has 1 N–H and O–H groups in total. The Bertz CT molecular complexity index is 1280. The van der Waals surface area contributed by atoms with Gasteiger partial charge < -0.3 is 19.4 Å². The number of benzene rings is 2. The molecule has 2 aromatic carbocycles. The van der Waals surface area contributed by atoms with Gasteiger partial charge in [-0.2, -0.15) is 0 Å². The summed E-state index contributed by atoms with van der Waals surface area (Å²) in [5.74, 6) is 2.34. The third-order valence-corrected chi connectivity index (χ3v) is 6.02. The van der Waals surface area contributed by atoms with E-state index in [1.165, 1.54) is 18.2 Å². The maximum Gasteiger partial charge on any atom is 0.200 e. The Morgan fingerprint density at radius 1 is 1.03 bits per heavy atom. The Hall–Kier alpha value is -3.15. The third-order valence-electron chi connectivity index (χ3n) is 5.14. The summed E-state index contributed by atoms with van der Waals surface area (Å²) in [7, 11) is -1.63. The SMILES string of the molecule is C[Si](C)(C)C#Cc1cc(CNc2cc(F)cc(F)c2)c2oc(N3CCOCC3)cc(=O)c2c1. The number of rotatable bonds is 4. The average molecular weight is 469 g/mol. The second-order valence-corrected chi connectivity index (χ2v) is 13.8. The number of anilines is 2. The fourth-order valence-corrected chi connectivity index (χ4v) is 4.09. The summed E-state index contributed by atoms with van der Waals surface area (Å²) >= 11 is 0. The number of morpholine rings is 1. The average Bonchev–Trinajstić information content (AvgIpc) is 2.76. The van der Waals surface area contributed by atoms with Crippen molar-refractivity contribution < 1.29 is 17.9 Å². The van der Waals surface area contributed by atoms with Crippen LogP contribution in [0, 0.1) is 23.1 Å². The van der Waals surface area contributed by atoms with Crippen LogP contribution >= 0.6 is 0 Å². The van der Waals surface area contributed by atoms with Crippen LogP contribution in [0.5, 0.6) is 0 Å². The van der Waals surface area contributed by atoms with Gasteiger partial charge in [0.1, 0.15) is 25.3 Å². The van der Waals surface area contributed by atoms with Gasteiger partial charge in [-0.15, -0.1) is 5.54 Å². The zero-order valence-corrected chi connectivity index (χ0v) is 19.9. The predicted molar refractivity (Wildman–Crippen MR) is 129 cm³/mol. The predicted octanol–water partition coefficient (Wildman–Crippen LogP) is 4.75. The Balaban J connectivity index is 1.79. The highest BCUT2D eigenvalue weighted by Gasteiger charge is 2.18. The zero-order chi connectivity index (χ0) is 23.6. The molecule has 0 bridgehead atoms. The summed E-state index contributed by atoms with van der Waals surface area (Å²) < 4.78 is 38.8. The molecular weight excluding hydrogens is 442 g/mol. The minimum atomic E-state index is -1.63. The highest BCUT2D eigenvalue weighted by atomic mass is 28.3. The monoisotopic (exact) mass is 468 g/mol. The fraction of sp³-hybridized carbons (Fsp3) is 0.320. The van der Waals surface area contributed by atoms with Crippen molar-refractivity contribution in [3.63, 3.8) is 0 Å². The van der Waals surface area contributed by atoms with Crippen molar-refractivity contribution in [1.29, 1.82) is 0 Å². The van der Waals surface area contributed by atoms with Gasteiger partial charge in [-0.1, -0.05) is 25.6 Å². The molecule has 3 aromatic rings. The summed E-state index contributed by atoms with van der Waals surface area (Å²) in [6.07, 6.45) is 0. The third kappa shape index (κ3) is 5.81. The fourth-order valence-electron chi connectivity index (χ4n) is 3.57. The Morgan fingerprint density at radius 3 is 2.39 bits per heavy atom. The second-order valence-electron chi connectivity index (χ2n) is 9.07. The molecular formula is C25H26F2N2O3Si. The molecule has 1 saturated heterocycles. The van der Waals surface area contributed by atoms with Gasteiger partial charge in [0.25, 0.3) is 0 Å². The number of halogens is 2. The van der Waals surface area contributed by atoms with Gasteiger partial charge in [0.2, 0.25) is 0 Å². The van der Waals surface area contributed by atoms with Crippen LogP contribution in [0.2, 0.25) is 19.6 Å². The molecule has 1 aliphatic rings. The van der Waals surface area contributed by atoms with Crippen LogP contribution in [-0.2, 0) is 11.3 Å². The van der Waals surface area contributed by atoms with Crippen molar-refractivity contribution in [1.82, 2.24) is 0 Å². The molecule has 172 valence electrons. The largest absolute Gasteiger partial charge is 0.440 e. The van der Waals surface area contributed by atoms with Crippen LogP contribution in [0.3, 0.4) is 0 Å². The molecule has 0 saturated carbocycles. The molecule has 1 aliphatic heterocycles. The minimum Gasteiger partial charge on any atom is -0.440 e. The number of fused-ring (bicyclic) bond motifs is 1. The molecule has 8 heteroatoms. The van der Waals surface area contributed by atoms with Crippen molar-refractivity contribution >= 4 is 30.6 Å². The van der Waals surface area contributed by atoms with E-state index in [-0.39, 0.29) is 12.0 Å². The first-order valence-corrected chi connectivity index (χ1v) is 14.3. The smallest absolute Gasteiger partial charge is 0.200 e. The first-order valence-electron chi connectivity index (χ1n) is 10.8. The van der Waals surface area contributed by atoms with Crippen molar-refractivity contribution in [2.24, 2.45) is 0 Å². The van der Waals surface area contributed by atoms with E-state index in [9.17, 15) is 13.6 Å². The Kier molecular flexibility index (Phi) is 6.54. The highest BCUT2D eigenvalue weighted by Crippen LogP contribution is 2.26. The lowest BCUT2D eigenvalue weighted by Gasteiger charge is -2.27. The summed E-state index contributed by atoms with van der Waals surface area (Å²) in [5.41, 5.74) is 5.28. The number of nitrogens with zero attached hydrogens (tertiary/aromatic N) is 1. The van der Waals surface area contributed by atoms with Crippen molar-refractivity contribution in [3.05, 3.63) is 69.4 Å². The molecule has 5 nitrogen and oxygen atoms in total. The lowest BCUT2D eigenvalue weighted by Crippen LogP contribution is -2.36. The molecule has 0 atom stereocenters. The molecule has 2 heterocycles. The molecule has 1 fully saturated rings. The van der Waals surface area contributed by atoms with Crippen LogP contribution in [0.15, 0.2) is 45.6 Å². The van der Waals surface area contributed by atoms with Crippen molar-refractivity contribution in [2.45, 2.75) is 26.2 Å². The van der Waals surface area contributed by atoms with Crippen molar-refractivity contribution in [3.8, 4) is 11.5 Å². The molecule has 4 rings (SSSR count). The van der Waals surface area contributed by atoms with Crippen LogP contribution in [0.1, 0.15) is 11.1 Å². The quantitative estimate of drug-likeness (QED) is 0.443. The molecule has 1 aromatic heterocycles. The molecule has 0 aliphatic carbocycles. The minimum absolute atomic E-state index is 0.160. The summed E-state index contributed by atoms with van der Waals surface area (Å²) in [6.45, 7) is 9.02. The van der Waals surface area contributed by atoms with E-state index < -0.39 is 19.7 Å². The maximum atomic E-state index is 13.6. The standard InChI is InChI=1S/C25H26F2N2O3Si/c1-33(2,3)9-4-17-10-18(16-28-21-13-19(26)12-20(27)14-21)25-22(11-17)23(30)15-24(32-25)29-5-7-31-8-6-29/h10-15,28H,5-8,16H2,1-3H3. The first-order chi connectivity index (χ1) is 15.7. The van der Waals surface area contributed by atoms with Gasteiger partial charge in [-0.25, -0.2) is 8.78 Å². The van der Waals surface area contributed by atoms with E-state index in [1.54, 1.807) is 6.07 Å². The summed E-state index contributed by atoms with van der Waals surface area (Å²) in [6, 6.07) is 8.38. The van der Waals surface area contributed by atoms with E-state index >= 15 is 0 Å². The molecule has 0 spiro atoms. The van der Waals surface area contributed by atoms with E-state index in [0.29, 0.717) is 60.0 Å². The summed E-state index contributed by atoms with van der Waals surface area (Å²) in [5, 5.41) is 3.47. The Labute approximate surface area is 192 Å². The van der Waals surface area contributed by atoms with E-state index in [1.807, 2.05) is 11.0 Å². The first kappa shape index (κ1) is 23.0. The van der Waals surface area contributed by atoms with Crippen molar-refractivity contribution in [2.75, 3.05) is 36.5 Å². The van der Waals surface area contributed by atoms with Crippen LogP contribution in [0.25, 0.3) is 11.0 Å². The van der Waals surface area contributed by atoms with Gasteiger partial charge in [-0.05, 0) is 24.3 Å². The molecule has 0 amide bonds. The lowest BCUT2D eigenvalue weighted by molar-refractivity contribution is 0.121. The summed E-state index contributed by atoms with van der Waals surface area (Å²) in [4.78, 5) is 15.0. The van der Waals surface area contributed by atoms with Gasteiger partial charge in [0.15, 0.2) is 11.3 Å². The number of hydrogen-bond acceptors (Lipinski definition) is 5. The van der Waals surface area contributed by atoms with Gasteiger partial charge in [0.05, 0.1) is 18.6 Å². The molecule has 0 radical (unpaired) electrons. The van der Waals surface area contributed by atoms with Gasteiger partial charge in [-0.3, -0.25) is 4.79 Å². The topological polar surface area (TPSA) is 54.7 Å². The zero-order valence-electron chi connectivity index (χ0n) is 18.9. The van der Waals surface area contributed by atoms with E-state index in [2.05, 4.69) is 36.4 Å². The van der Waals surface area contributed by atoms with E-state index in [4.69, 9.17) is 9.15 Å². The van der Waals surface area contributed by atoms with Gasteiger partial charge >= 0.3 is 0 Å².